The molecule has 0 atom stereocenters. The van der Waals surface area contributed by atoms with Crippen LogP contribution in [0, 0.1) is 0 Å². The predicted molar refractivity (Wildman–Crippen MR) is 74.9 cm³/mol. The second-order valence-corrected chi connectivity index (χ2v) is 8.38. The van der Waals surface area contributed by atoms with Crippen molar-refractivity contribution in [3.63, 3.8) is 0 Å². The molecule has 2 heterocycles. The van der Waals surface area contributed by atoms with E-state index in [1.807, 2.05) is 6.07 Å². The van der Waals surface area contributed by atoms with Crippen molar-refractivity contribution < 1.29 is 8.42 Å². The second-order valence-electron chi connectivity index (χ2n) is 3.64. The first-order chi connectivity index (χ1) is 8.50. The summed E-state index contributed by atoms with van der Waals surface area (Å²) in [6.45, 7) is 0.263. The van der Waals surface area contributed by atoms with Gasteiger partial charge < -0.3 is 0 Å². The number of sulfonamides is 1. The molecule has 0 unspecified atom stereocenters. The highest BCUT2D eigenvalue weighted by atomic mass is 79.9. The Hall–Kier alpha value is -0.760. The molecule has 0 aromatic carbocycles. The fraction of sp³-hybridized carbons (Fsp3) is 0.182. The summed E-state index contributed by atoms with van der Waals surface area (Å²) in [5.41, 5.74) is 0.721. The van der Waals surface area contributed by atoms with Gasteiger partial charge in [-0.15, -0.1) is 11.3 Å². The van der Waals surface area contributed by atoms with Gasteiger partial charge in [0.25, 0.3) is 10.0 Å². The summed E-state index contributed by atoms with van der Waals surface area (Å²) in [6, 6.07) is 8.76. The lowest BCUT2D eigenvalue weighted by molar-refractivity contribution is 0.464. The molecule has 0 bridgehead atoms. The van der Waals surface area contributed by atoms with Crippen LogP contribution in [0.15, 0.2) is 44.5 Å². The van der Waals surface area contributed by atoms with Gasteiger partial charge in [0.15, 0.2) is 0 Å². The number of thiophene rings is 1. The van der Waals surface area contributed by atoms with Gasteiger partial charge in [0, 0.05) is 13.2 Å². The Kier molecular flexibility index (Phi) is 4.16. The molecule has 0 aliphatic rings. The monoisotopic (exact) mass is 346 g/mol. The van der Waals surface area contributed by atoms with E-state index in [1.54, 1.807) is 37.5 Å². The van der Waals surface area contributed by atoms with Gasteiger partial charge in [0.1, 0.15) is 4.21 Å². The Morgan fingerprint density at radius 3 is 2.67 bits per heavy atom. The molecule has 2 aromatic rings. The average molecular weight is 347 g/mol. The van der Waals surface area contributed by atoms with Crippen molar-refractivity contribution in [1.82, 2.24) is 9.29 Å². The smallest absolute Gasteiger partial charge is 0.252 e. The third-order valence-corrected chi connectivity index (χ3v) is 6.22. The van der Waals surface area contributed by atoms with Crippen LogP contribution in [0.25, 0.3) is 0 Å². The molecule has 0 N–H and O–H groups in total. The standard InChI is InChI=1S/C11H11BrN2O2S2/c1-14(8-9-4-2-3-7-13-9)18(15,16)11-6-5-10(12)17-11/h2-7H,8H2,1H3. The van der Waals surface area contributed by atoms with Crippen LogP contribution in [0.2, 0.25) is 0 Å². The Balaban J connectivity index is 2.21. The van der Waals surface area contributed by atoms with Crippen molar-refractivity contribution in [3.8, 4) is 0 Å². The largest absolute Gasteiger partial charge is 0.260 e. The molecule has 7 heteroatoms. The van der Waals surface area contributed by atoms with Crippen molar-refractivity contribution >= 4 is 37.3 Å². The lowest BCUT2D eigenvalue weighted by Crippen LogP contribution is -2.26. The maximum Gasteiger partial charge on any atom is 0.252 e. The summed E-state index contributed by atoms with van der Waals surface area (Å²) in [5, 5.41) is 0. The van der Waals surface area contributed by atoms with Gasteiger partial charge >= 0.3 is 0 Å². The van der Waals surface area contributed by atoms with Gasteiger partial charge in [0.05, 0.1) is 16.0 Å². The highest BCUT2D eigenvalue weighted by molar-refractivity contribution is 9.11. The first-order valence-corrected chi connectivity index (χ1v) is 8.16. The highest BCUT2D eigenvalue weighted by Crippen LogP contribution is 2.28. The zero-order valence-corrected chi connectivity index (χ0v) is 12.8. The van der Waals surface area contributed by atoms with E-state index in [4.69, 9.17) is 0 Å². The SMILES string of the molecule is CN(Cc1ccccn1)S(=O)(=O)c1ccc(Br)s1. The van der Waals surface area contributed by atoms with Crippen LogP contribution in [0.5, 0.6) is 0 Å². The molecule has 2 aromatic heterocycles. The van der Waals surface area contributed by atoms with E-state index in [0.29, 0.717) is 4.21 Å². The van der Waals surface area contributed by atoms with Crippen LogP contribution < -0.4 is 0 Å². The molecule has 0 saturated heterocycles. The summed E-state index contributed by atoms with van der Waals surface area (Å²) in [5.74, 6) is 0. The van der Waals surface area contributed by atoms with E-state index < -0.39 is 10.0 Å². The minimum Gasteiger partial charge on any atom is -0.260 e. The van der Waals surface area contributed by atoms with E-state index in [-0.39, 0.29) is 6.54 Å². The van der Waals surface area contributed by atoms with Crippen LogP contribution in [0.3, 0.4) is 0 Å². The van der Waals surface area contributed by atoms with Crippen molar-refractivity contribution in [2.75, 3.05) is 7.05 Å². The third-order valence-electron chi connectivity index (χ3n) is 2.32. The summed E-state index contributed by atoms with van der Waals surface area (Å²) in [4.78, 5) is 4.12. The normalized spacial score (nSPS) is 11.9. The van der Waals surface area contributed by atoms with Crippen LogP contribution in [-0.4, -0.2) is 24.8 Å². The number of pyridine rings is 1. The van der Waals surface area contributed by atoms with Crippen molar-refractivity contribution in [2.24, 2.45) is 0 Å². The minimum atomic E-state index is -3.43. The predicted octanol–water partition coefficient (Wildman–Crippen LogP) is 2.73. The lowest BCUT2D eigenvalue weighted by Gasteiger charge is -2.15. The van der Waals surface area contributed by atoms with E-state index in [0.717, 1.165) is 9.48 Å². The van der Waals surface area contributed by atoms with Gasteiger partial charge in [-0.25, -0.2) is 8.42 Å². The van der Waals surface area contributed by atoms with Gasteiger partial charge in [-0.3, -0.25) is 4.98 Å². The second kappa shape index (κ2) is 5.48. The van der Waals surface area contributed by atoms with Crippen LogP contribution in [0.1, 0.15) is 5.69 Å². The van der Waals surface area contributed by atoms with Gasteiger partial charge in [-0.2, -0.15) is 4.31 Å². The maximum absolute atomic E-state index is 12.2. The van der Waals surface area contributed by atoms with Crippen LogP contribution >= 0.6 is 27.3 Å². The first-order valence-electron chi connectivity index (χ1n) is 5.12. The number of rotatable bonds is 4. The molecular formula is C11H11BrN2O2S2. The molecule has 0 radical (unpaired) electrons. The average Bonchev–Trinajstić information content (AvgIpc) is 2.78. The topological polar surface area (TPSA) is 50.3 Å². The maximum atomic E-state index is 12.2. The Bertz CT molecular complexity index is 626. The molecule has 0 aliphatic carbocycles. The third kappa shape index (κ3) is 2.97. The zero-order valence-electron chi connectivity index (χ0n) is 9.58. The first kappa shape index (κ1) is 13.7. The highest BCUT2D eigenvalue weighted by Gasteiger charge is 2.22. The van der Waals surface area contributed by atoms with Crippen molar-refractivity contribution in [3.05, 3.63) is 46.0 Å². The summed E-state index contributed by atoms with van der Waals surface area (Å²) < 4.78 is 26.9. The number of hydrogen-bond donors (Lipinski definition) is 0. The van der Waals surface area contributed by atoms with Gasteiger partial charge in [-0.1, -0.05) is 6.07 Å². The summed E-state index contributed by atoms with van der Waals surface area (Å²) in [7, 11) is -1.88. The van der Waals surface area contributed by atoms with Crippen LogP contribution in [0.4, 0.5) is 0 Å². The van der Waals surface area contributed by atoms with E-state index >= 15 is 0 Å². The Morgan fingerprint density at radius 1 is 1.33 bits per heavy atom. The van der Waals surface area contributed by atoms with Crippen LogP contribution in [-0.2, 0) is 16.6 Å². The summed E-state index contributed by atoms with van der Waals surface area (Å²) in [6.07, 6.45) is 1.65. The minimum absolute atomic E-state index is 0.263. The molecule has 0 aliphatic heterocycles. The molecule has 0 amide bonds. The molecular weight excluding hydrogens is 336 g/mol. The lowest BCUT2D eigenvalue weighted by atomic mass is 10.3. The molecule has 0 saturated carbocycles. The van der Waals surface area contributed by atoms with E-state index in [1.165, 1.54) is 15.6 Å². The quantitative estimate of drug-likeness (QED) is 0.855. The number of nitrogens with zero attached hydrogens (tertiary/aromatic N) is 2. The molecule has 2 rings (SSSR count). The fourth-order valence-electron chi connectivity index (χ4n) is 1.39. The van der Waals surface area contributed by atoms with E-state index in [9.17, 15) is 8.42 Å². The van der Waals surface area contributed by atoms with E-state index in [2.05, 4.69) is 20.9 Å². The van der Waals surface area contributed by atoms with Gasteiger partial charge in [-0.05, 0) is 40.2 Å². The van der Waals surface area contributed by atoms with Gasteiger partial charge in [0.2, 0.25) is 0 Å². The van der Waals surface area contributed by atoms with Crippen molar-refractivity contribution in [2.45, 2.75) is 10.8 Å². The molecule has 4 nitrogen and oxygen atoms in total. The number of halogens is 1. The Labute approximate surface area is 118 Å². The zero-order chi connectivity index (χ0) is 13.2. The molecule has 96 valence electrons. The van der Waals surface area contributed by atoms with Crippen molar-refractivity contribution in [1.29, 1.82) is 0 Å². The summed E-state index contributed by atoms with van der Waals surface area (Å²) >= 11 is 4.46. The fourth-order valence-corrected chi connectivity index (χ4v) is 4.76. The molecule has 0 spiro atoms. The Morgan fingerprint density at radius 2 is 2.11 bits per heavy atom. The molecule has 0 fully saturated rings. The number of hydrogen-bond acceptors (Lipinski definition) is 4. The number of aromatic nitrogens is 1. The molecule has 18 heavy (non-hydrogen) atoms.